The lowest BCUT2D eigenvalue weighted by molar-refractivity contribution is 0.416. The second kappa shape index (κ2) is 8.64. The van der Waals surface area contributed by atoms with Crippen LogP contribution in [-0.4, -0.2) is 17.1 Å². The number of fused-ring (bicyclic) bond motifs is 1. The number of nitrogen functional groups attached to an aromatic ring is 1. The van der Waals surface area contributed by atoms with Crippen molar-refractivity contribution in [1.29, 1.82) is 0 Å². The van der Waals surface area contributed by atoms with E-state index in [-0.39, 0.29) is 0 Å². The Hall–Kier alpha value is -2.92. The number of nitrogens with two attached hydrogens (primary N) is 1. The zero-order chi connectivity index (χ0) is 19.2. The van der Waals surface area contributed by atoms with Gasteiger partial charge in [0.05, 0.1) is 18.1 Å². The minimum absolute atomic E-state index is 0.501. The maximum Gasteiger partial charge on any atom is 0.166 e. The van der Waals surface area contributed by atoms with Gasteiger partial charge in [0, 0.05) is 11.3 Å². The predicted molar refractivity (Wildman–Crippen MR) is 114 cm³/mol. The molecule has 2 aromatic carbocycles. The van der Waals surface area contributed by atoms with E-state index in [4.69, 9.17) is 15.5 Å². The van der Waals surface area contributed by atoms with Crippen molar-refractivity contribution < 1.29 is 4.74 Å². The summed E-state index contributed by atoms with van der Waals surface area (Å²) in [5.74, 6) is 1.83. The number of hydrogen-bond acceptors (Lipinski definition) is 5. The standard InChI is InChI=1S/C20H17N3OS.C2H6/c1-24-17-10-6-5-9-15(17)19-22-18(21)16-12-14(25-20(16)23-19)11-13-7-3-2-4-8-13;1-2/h2-10,12H,11H2,1H3,(H2,21,22,23);1-2H3. The van der Waals surface area contributed by atoms with Crippen molar-refractivity contribution >= 4 is 27.4 Å². The molecule has 0 saturated heterocycles. The summed E-state index contributed by atoms with van der Waals surface area (Å²) < 4.78 is 5.42. The van der Waals surface area contributed by atoms with Crippen LogP contribution in [0.5, 0.6) is 5.75 Å². The Morgan fingerprint density at radius 2 is 1.67 bits per heavy atom. The van der Waals surface area contributed by atoms with Crippen LogP contribution < -0.4 is 10.5 Å². The highest BCUT2D eigenvalue weighted by atomic mass is 32.1. The molecule has 4 aromatic rings. The van der Waals surface area contributed by atoms with Crippen LogP contribution in [0.1, 0.15) is 24.3 Å². The molecule has 0 radical (unpaired) electrons. The fourth-order valence-corrected chi connectivity index (χ4v) is 3.90. The number of benzene rings is 2. The lowest BCUT2D eigenvalue weighted by Gasteiger charge is -2.07. The van der Waals surface area contributed by atoms with Gasteiger partial charge in [-0.2, -0.15) is 0 Å². The number of para-hydroxylation sites is 1. The van der Waals surface area contributed by atoms with Gasteiger partial charge in [-0.25, -0.2) is 9.97 Å². The van der Waals surface area contributed by atoms with Crippen molar-refractivity contribution in [3.05, 3.63) is 71.1 Å². The molecule has 0 aliphatic carbocycles. The third-order valence-electron chi connectivity index (χ3n) is 4.04. The fourth-order valence-electron chi connectivity index (χ4n) is 2.83. The molecule has 2 heterocycles. The number of thiophene rings is 1. The molecule has 4 rings (SSSR count). The Balaban J connectivity index is 0.00000102. The first kappa shape index (κ1) is 18.9. The van der Waals surface area contributed by atoms with E-state index < -0.39 is 0 Å². The lowest BCUT2D eigenvalue weighted by atomic mass is 10.1. The molecule has 5 heteroatoms. The smallest absolute Gasteiger partial charge is 0.166 e. The first-order chi connectivity index (χ1) is 13.2. The van der Waals surface area contributed by atoms with Crippen LogP contribution in [0.2, 0.25) is 0 Å². The van der Waals surface area contributed by atoms with E-state index in [1.807, 2.05) is 44.2 Å². The molecule has 0 atom stereocenters. The number of nitrogens with zero attached hydrogens (tertiary/aromatic N) is 2. The van der Waals surface area contributed by atoms with Crippen LogP contribution in [0, 0.1) is 0 Å². The molecule has 0 spiro atoms. The van der Waals surface area contributed by atoms with Crippen LogP contribution in [0.15, 0.2) is 60.7 Å². The maximum absolute atomic E-state index is 6.21. The van der Waals surface area contributed by atoms with Crippen LogP contribution in [0.4, 0.5) is 5.82 Å². The van der Waals surface area contributed by atoms with Crippen molar-refractivity contribution in [2.75, 3.05) is 12.8 Å². The van der Waals surface area contributed by atoms with Gasteiger partial charge in [0.1, 0.15) is 16.4 Å². The van der Waals surface area contributed by atoms with E-state index in [0.29, 0.717) is 11.6 Å². The lowest BCUT2D eigenvalue weighted by Crippen LogP contribution is -1.97. The zero-order valence-electron chi connectivity index (χ0n) is 15.8. The highest BCUT2D eigenvalue weighted by Gasteiger charge is 2.14. The minimum Gasteiger partial charge on any atom is -0.496 e. The van der Waals surface area contributed by atoms with Crippen molar-refractivity contribution in [2.45, 2.75) is 20.3 Å². The van der Waals surface area contributed by atoms with Gasteiger partial charge >= 0.3 is 0 Å². The number of ether oxygens (including phenoxy) is 1. The Morgan fingerprint density at radius 1 is 0.963 bits per heavy atom. The topological polar surface area (TPSA) is 61.0 Å². The van der Waals surface area contributed by atoms with Gasteiger partial charge in [-0.1, -0.05) is 56.3 Å². The van der Waals surface area contributed by atoms with Crippen molar-refractivity contribution in [3.8, 4) is 17.1 Å². The summed E-state index contributed by atoms with van der Waals surface area (Å²) in [6, 6.07) is 20.2. The number of hydrogen-bond donors (Lipinski definition) is 1. The molecule has 0 unspecified atom stereocenters. The summed E-state index contributed by atoms with van der Waals surface area (Å²) in [7, 11) is 1.64. The monoisotopic (exact) mass is 377 g/mol. The van der Waals surface area contributed by atoms with Gasteiger partial charge in [-0.05, 0) is 23.8 Å². The quantitative estimate of drug-likeness (QED) is 0.505. The zero-order valence-corrected chi connectivity index (χ0v) is 16.6. The van der Waals surface area contributed by atoms with E-state index in [1.54, 1.807) is 18.4 Å². The Kier molecular flexibility index (Phi) is 6.04. The van der Waals surface area contributed by atoms with Crippen molar-refractivity contribution in [3.63, 3.8) is 0 Å². The third-order valence-corrected chi connectivity index (χ3v) is 5.07. The van der Waals surface area contributed by atoms with E-state index in [9.17, 15) is 0 Å². The third kappa shape index (κ3) is 4.09. The first-order valence-corrected chi connectivity index (χ1v) is 9.79. The van der Waals surface area contributed by atoms with Gasteiger partial charge in [-0.15, -0.1) is 11.3 Å². The average molecular weight is 378 g/mol. The summed E-state index contributed by atoms with van der Waals surface area (Å²) in [5.41, 5.74) is 8.32. The average Bonchev–Trinajstić information content (AvgIpc) is 3.13. The van der Waals surface area contributed by atoms with Gasteiger partial charge in [0.25, 0.3) is 0 Å². The van der Waals surface area contributed by atoms with Gasteiger partial charge in [-0.3, -0.25) is 0 Å². The molecule has 2 N–H and O–H groups in total. The molecule has 138 valence electrons. The Bertz CT molecular complexity index is 1030. The summed E-state index contributed by atoms with van der Waals surface area (Å²) in [4.78, 5) is 11.3. The summed E-state index contributed by atoms with van der Waals surface area (Å²) in [5, 5.41) is 0.912. The fraction of sp³-hybridized carbons (Fsp3) is 0.182. The molecule has 2 aromatic heterocycles. The first-order valence-electron chi connectivity index (χ1n) is 8.98. The Labute approximate surface area is 163 Å². The summed E-state index contributed by atoms with van der Waals surface area (Å²) >= 11 is 1.66. The van der Waals surface area contributed by atoms with Crippen LogP contribution in [-0.2, 0) is 6.42 Å². The molecule has 0 saturated carbocycles. The number of aromatic nitrogens is 2. The molecule has 0 aliphatic heterocycles. The maximum atomic E-state index is 6.21. The van der Waals surface area contributed by atoms with Crippen molar-refractivity contribution in [1.82, 2.24) is 9.97 Å². The molecular formula is C22H23N3OS. The molecular weight excluding hydrogens is 354 g/mol. The van der Waals surface area contributed by atoms with Gasteiger partial charge < -0.3 is 10.5 Å². The van der Waals surface area contributed by atoms with Gasteiger partial charge in [0.15, 0.2) is 5.82 Å². The SMILES string of the molecule is CC.COc1ccccc1-c1nc(N)c2cc(Cc3ccccc3)sc2n1. The highest BCUT2D eigenvalue weighted by Crippen LogP contribution is 2.33. The predicted octanol–water partition coefficient (Wildman–Crippen LogP) is 5.57. The van der Waals surface area contributed by atoms with Gasteiger partial charge in [0.2, 0.25) is 0 Å². The molecule has 0 amide bonds. The van der Waals surface area contributed by atoms with Crippen LogP contribution >= 0.6 is 11.3 Å². The van der Waals surface area contributed by atoms with Crippen LogP contribution in [0.3, 0.4) is 0 Å². The molecule has 27 heavy (non-hydrogen) atoms. The molecule has 0 bridgehead atoms. The van der Waals surface area contributed by atoms with Crippen molar-refractivity contribution in [2.24, 2.45) is 0 Å². The highest BCUT2D eigenvalue weighted by molar-refractivity contribution is 7.18. The van der Waals surface area contributed by atoms with E-state index in [1.165, 1.54) is 10.4 Å². The van der Waals surface area contributed by atoms with E-state index >= 15 is 0 Å². The summed E-state index contributed by atoms with van der Waals surface area (Å²) in [6.45, 7) is 4.00. The molecule has 0 aliphatic rings. The Morgan fingerprint density at radius 3 is 2.41 bits per heavy atom. The van der Waals surface area contributed by atoms with Crippen LogP contribution in [0.25, 0.3) is 21.6 Å². The number of methoxy groups -OCH3 is 1. The second-order valence-corrected chi connectivity index (χ2v) is 6.84. The van der Waals surface area contributed by atoms with E-state index in [2.05, 4.69) is 35.3 Å². The molecule has 0 fully saturated rings. The summed E-state index contributed by atoms with van der Waals surface area (Å²) in [6.07, 6.45) is 0.866. The number of rotatable bonds is 4. The molecule has 4 nitrogen and oxygen atoms in total. The second-order valence-electron chi connectivity index (χ2n) is 5.73. The minimum atomic E-state index is 0.501. The number of anilines is 1. The largest absolute Gasteiger partial charge is 0.496 e. The normalized spacial score (nSPS) is 10.3. The van der Waals surface area contributed by atoms with E-state index in [0.717, 1.165) is 28.0 Å².